The van der Waals surface area contributed by atoms with Crippen LogP contribution in [0.5, 0.6) is 0 Å². The number of fused-ring (bicyclic) bond motifs is 1. The van der Waals surface area contributed by atoms with Gasteiger partial charge in [-0.05, 0) is 25.1 Å². The molecule has 2 aromatic heterocycles. The second-order valence-electron chi connectivity index (χ2n) is 5.16. The van der Waals surface area contributed by atoms with Crippen LogP contribution in [-0.4, -0.2) is 14.9 Å². The summed E-state index contributed by atoms with van der Waals surface area (Å²) >= 11 is 0. The maximum absolute atomic E-state index is 10.4. The fourth-order valence-corrected chi connectivity index (χ4v) is 2.64. The molecule has 4 heteroatoms. The SMILES string of the molecule is CCc1ccc(C(O)Cc2nn(CC)c3ccccc23)o1. The number of aliphatic hydroxyl groups excluding tert-OH is 1. The lowest BCUT2D eigenvalue weighted by Crippen LogP contribution is -2.03. The molecule has 21 heavy (non-hydrogen) atoms. The van der Waals surface area contributed by atoms with Gasteiger partial charge in [0.2, 0.25) is 0 Å². The van der Waals surface area contributed by atoms with Crippen LogP contribution >= 0.6 is 0 Å². The zero-order chi connectivity index (χ0) is 14.8. The first-order valence-corrected chi connectivity index (χ1v) is 7.44. The summed E-state index contributed by atoms with van der Waals surface area (Å²) in [4.78, 5) is 0. The molecule has 0 spiro atoms. The van der Waals surface area contributed by atoms with Crippen molar-refractivity contribution in [2.45, 2.75) is 39.3 Å². The first-order chi connectivity index (χ1) is 10.2. The van der Waals surface area contributed by atoms with Crippen LogP contribution in [0.1, 0.15) is 37.2 Å². The van der Waals surface area contributed by atoms with Gasteiger partial charge in [0.15, 0.2) is 0 Å². The van der Waals surface area contributed by atoms with Gasteiger partial charge in [0, 0.05) is 24.8 Å². The number of furan rings is 1. The van der Waals surface area contributed by atoms with Crippen molar-refractivity contribution in [3.63, 3.8) is 0 Å². The fraction of sp³-hybridized carbons (Fsp3) is 0.353. The Morgan fingerprint density at radius 3 is 2.71 bits per heavy atom. The third-order valence-electron chi connectivity index (χ3n) is 3.78. The number of benzene rings is 1. The molecule has 1 aromatic carbocycles. The smallest absolute Gasteiger partial charge is 0.133 e. The second kappa shape index (κ2) is 5.74. The molecule has 1 unspecified atom stereocenters. The summed E-state index contributed by atoms with van der Waals surface area (Å²) in [6.45, 7) is 4.92. The Morgan fingerprint density at radius 1 is 1.19 bits per heavy atom. The molecule has 0 amide bonds. The largest absolute Gasteiger partial charge is 0.463 e. The standard InChI is InChI=1S/C17H20N2O2/c1-3-12-9-10-17(21-12)16(20)11-14-13-7-5-6-8-15(13)19(4-2)18-14/h5-10,16,20H,3-4,11H2,1-2H3. The summed E-state index contributed by atoms with van der Waals surface area (Å²) in [6, 6.07) is 11.9. The van der Waals surface area contributed by atoms with Gasteiger partial charge in [0.05, 0.1) is 11.2 Å². The van der Waals surface area contributed by atoms with E-state index in [2.05, 4.69) is 24.2 Å². The number of hydrogen-bond donors (Lipinski definition) is 1. The Labute approximate surface area is 124 Å². The zero-order valence-electron chi connectivity index (χ0n) is 12.4. The Kier molecular flexibility index (Phi) is 3.80. The summed E-state index contributed by atoms with van der Waals surface area (Å²) in [5, 5.41) is 16.1. The molecule has 4 nitrogen and oxygen atoms in total. The minimum absolute atomic E-state index is 0.462. The number of aromatic nitrogens is 2. The minimum Gasteiger partial charge on any atom is -0.463 e. The van der Waals surface area contributed by atoms with Gasteiger partial charge in [-0.1, -0.05) is 25.1 Å². The van der Waals surface area contributed by atoms with Crippen molar-refractivity contribution in [3.05, 3.63) is 53.6 Å². The van der Waals surface area contributed by atoms with E-state index in [9.17, 15) is 5.11 Å². The first kappa shape index (κ1) is 13.9. The van der Waals surface area contributed by atoms with Gasteiger partial charge < -0.3 is 9.52 Å². The van der Waals surface area contributed by atoms with Crippen LogP contribution in [-0.2, 0) is 19.4 Å². The van der Waals surface area contributed by atoms with Gasteiger partial charge in [-0.3, -0.25) is 4.68 Å². The lowest BCUT2D eigenvalue weighted by molar-refractivity contribution is 0.147. The minimum atomic E-state index is -0.658. The average molecular weight is 284 g/mol. The van der Waals surface area contributed by atoms with Crippen LogP contribution in [0.4, 0.5) is 0 Å². The van der Waals surface area contributed by atoms with E-state index in [1.807, 2.05) is 35.9 Å². The van der Waals surface area contributed by atoms with Crippen LogP contribution in [0.2, 0.25) is 0 Å². The quantitative estimate of drug-likeness (QED) is 0.780. The van der Waals surface area contributed by atoms with Gasteiger partial charge in [-0.2, -0.15) is 5.10 Å². The molecular weight excluding hydrogens is 264 g/mol. The Balaban J connectivity index is 1.90. The predicted octanol–water partition coefficient (Wildman–Crippen LogP) is 3.49. The van der Waals surface area contributed by atoms with E-state index >= 15 is 0 Å². The molecule has 0 aliphatic carbocycles. The van der Waals surface area contributed by atoms with E-state index in [1.165, 1.54) is 0 Å². The van der Waals surface area contributed by atoms with Crippen molar-refractivity contribution in [2.24, 2.45) is 0 Å². The molecule has 0 aliphatic heterocycles. The van der Waals surface area contributed by atoms with Crippen LogP contribution in [0.15, 0.2) is 40.8 Å². The highest BCUT2D eigenvalue weighted by molar-refractivity contribution is 5.82. The van der Waals surface area contributed by atoms with Crippen LogP contribution in [0.25, 0.3) is 10.9 Å². The van der Waals surface area contributed by atoms with Crippen LogP contribution < -0.4 is 0 Å². The third-order valence-corrected chi connectivity index (χ3v) is 3.78. The monoisotopic (exact) mass is 284 g/mol. The normalized spacial score (nSPS) is 12.9. The molecule has 1 atom stereocenters. The molecule has 0 saturated carbocycles. The van der Waals surface area contributed by atoms with E-state index in [-0.39, 0.29) is 0 Å². The highest BCUT2D eigenvalue weighted by Crippen LogP contribution is 2.25. The number of aryl methyl sites for hydroxylation is 2. The highest BCUT2D eigenvalue weighted by Gasteiger charge is 2.17. The maximum Gasteiger partial charge on any atom is 0.133 e. The summed E-state index contributed by atoms with van der Waals surface area (Å²) < 4.78 is 7.60. The molecule has 1 N–H and O–H groups in total. The van der Waals surface area contributed by atoms with Gasteiger partial charge in [0.1, 0.15) is 17.6 Å². The van der Waals surface area contributed by atoms with E-state index in [0.717, 1.165) is 35.3 Å². The highest BCUT2D eigenvalue weighted by atomic mass is 16.4. The van der Waals surface area contributed by atoms with Crippen molar-refractivity contribution in [2.75, 3.05) is 0 Å². The number of hydrogen-bond acceptors (Lipinski definition) is 3. The maximum atomic E-state index is 10.4. The number of para-hydroxylation sites is 1. The van der Waals surface area contributed by atoms with Crippen molar-refractivity contribution >= 4 is 10.9 Å². The molecule has 0 fully saturated rings. The van der Waals surface area contributed by atoms with Gasteiger partial charge in [-0.15, -0.1) is 0 Å². The Bertz CT molecular complexity index is 742. The van der Waals surface area contributed by atoms with E-state index in [4.69, 9.17) is 4.42 Å². The Morgan fingerprint density at radius 2 is 2.00 bits per heavy atom. The van der Waals surface area contributed by atoms with E-state index < -0.39 is 6.10 Å². The van der Waals surface area contributed by atoms with E-state index in [1.54, 1.807) is 0 Å². The summed E-state index contributed by atoms with van der Waals surface area (Å²) in [7, 11) is 0. The molecule has 3 aromatic rings. The summed E-state index contributed by atoms with van der Waals surface area (Å²) in [5.74, 6) is 1.51. The van der Waals surface area contributed by atoms with Crippen molar-refractivity contribution in [1.29, 1.82) is 0 Å². The number of rotatable bonds is 5. The van der Waals surface area contributed by atoms with Gasteiger partial charge in [0.25, 0.3) is 0 Å². The van der Waals surface area contributed by atoms with Crippen molar-refractivity contribution in [1.82, 2.24) is 9.78 Å². The van der Waals surface area contributed by atoms with Crippen molar-refractivity contribution in [3.8, 4) is 0 Å². The topological polar surface area (TPSA) is 51.2 Å². The lowest BCUT2D eigenvalue weighted by Gasteiger charge is -2.06. The van der Waals surface area contributed by atoms with Gasteiger partial charge in [-0.25, -0.2) is 0 Å². The molecule has 0 aliphatic rings. The molecule has 2 heterocycles. The predicted molar refractivity (Wildman–Crippen MR) is 82.2 cm³/mol. The second-order valence-corrected chi connectivity index (χ2v) is 5.16. The average Bonchev–Trinajstić information content (AvgIpc) is 3.12. The summed E-state index contributed by atoms with van der Waals surface area (Å²) in [5.41, 5.74) is 2.02. The zero-order valence-corrected chi connectivity index (χ0v) is 12.4. The van der Waals surface area contributed by atoms with Crippen LogP contribution in [0, 0.1) is 0 Å². The first-order valence-electron chi connectivity index (χ1n) is 7.44. The molecule has 110 valence electrons. The third kappa shape index (κ3) is 2.59. The number of nitrogens with zero attached hydrogens (tertiary/aromatic N) is 2. The van der Waals surface area contributed by atoms with Gasteiger partial charge >= 0.3 is 0 Å². The molecule has 0 bridgehead atoms. The number of aliphatic hydroxyl groups is 1. The Hall–Kier alpha value is -2.07. The van der Waals surface area contributed by atoms with Crippen molar-refractivity contribution < 1.29 is 9.52 Å². The van der Waals surface area contributed by atoms with E-state index in [0.29, 0.717) is 12.2 Å². The van der Waals surface area contributed by atoms with Crippen LogP contribution in [0.3, 0.4) is 0 Å². The summed E-state index contributed by atoms with van der Waals surface area (Å²) in [6.07, 6.45) is 0.638. The lowest BCUT2D eigenvalue weighted by atomic mass is 10.1. The molecule has 0 saturated heterocycles. The molecule has 0 radical (unpaired) electrons. The molecular formula is C17H20N2O2. The fourth-order valence-electron chi connectivity index (χ4n) is 2.64. The molecule has 3 rings (SSSR count).